The lowest BCUT2D eigenvalue weighted by molar-refractivity contribution is -0.145. The van der Waals surface area contributed by atoms with Crippen molar-refractivity contribution >= 4 is 5.91 Å². The van der Waals surface area contributed by atoms with E-state index in [0.29, 0.717) is 19.8 Å². The lowest BCUT2D eigenvalue weighted by atomic mass is 10.1. The van der Waals surface area contributed by atoms with E-state index in [1.54, 1.807) is 20.4 Å². The van der Waals surface area contributed by atoms with Gasteiger partial charge in [-0.1, -0.05) is 0 Å². The second-order valence-electron chi connectivity index (χ2n) is 4.96. The molecule has 7 nitrogen and oxygen atoms in total. The molecule has 1 aromatic heterocycles. The predicted octanol–water partition coefficient (Wildman–Crippen LogP) is 0.493. The van der Waals surface area contributed by atoms with Gasteiger partial charge in [-0.15, -0.1) is 0 Å². The summed E-state index contributed by atoms with van der Waals surface area (Å²) < 4.78 is 12.2. The van der Waals surface area contributed by atoms with Crippen molar-refractivity contribution in [2.45, 2.75) is 31.9 Å². The van der Waals surface area contributed by atoms with Gasteiger partial charge >= 0.3 is 0 Å². The van der Waals surface area contributed by atoms with Gasteiger partial charge in [0.2, 0.25) is 0 Å². The van der Waals surface area contributed by atoms with Crippen molar-refractivity contribution in [3.63, 3.8) is 0 Å². The van der Waals surface area contributed by atoms with Crippen molar-refractivity contribution in [3.8, 4) is 0 Å². The van der Waals surface area contributed by atoms with Gasteiger partial charge in [0.25, 0.3) is 5.91 Å². The molecule has 0 aliphatic carbocycles. The largest absolute Gasteiger partial charge is 0.382 e. The zero-order chi connectivity index (χ0) is 14.4. The molecule has 1 saturated heterocycles. The first-order valence-corrected chi connectivity index (χ1v) is 6.96. The van der Waals surface area contributed by atoms with Crippen LogP contribution in [0.25, 0.3) is 0 Å². The summed E-state index contributed by atoms with van der Waals surface area (Å²) in [6.45, 7) is 4.17. The van der Waals surface area contributed by atoms with Crippen LogP contribution in [0.5, 0.6) is 0 Å². The minimum Gasteiger partial charge on any atom is -0.382 e. The number of piperidine rings is 1. The Morgan fingerprint density at radius 1 is 1.50 bits per heavy atom. The third-order valence-electron chi connectivity index (χ3n) is 3.52. The number of nitrogens with zero attached hydrogens (tertiary/aromatic N) is 4. The number of carbonyl (C=O) groups is 1. The van der Waals surface area contributed by atoms with Crippen LogP contribution in [0.1, 0.15) is 25.8 Å². The van der Waals surface area contributed by atoms with E-state index < -0.39 is 6.10 Å². The Kier molecular flexibility index (Phi) is 5.49. The predicted molar refractivity (Wildman–Crippen MR) is 72.2 cm³/mol. The molecule has 1 amide bonds. The molecule has 0 radical (unpaired) electrons. The molecule has 0 N–H and O–H groups in total. The summed E-state index contributed by atoms with van der Waals surface area (Å²) in [6, 6.07) is 0.210. The third kappa shape index (κ3) is 3.77. The van der Waals surface area contributed by atoms with E-state index in [-0.39, 0.29) is 11.9 Å². The van der Waals surface area contributed by atoms with E-state index in [9.17, 15) is 4.79 Å². The van der Waals surface area contributed by atoms with Crippen LogP contribution in [0.2, 0.25) is 0 Å². The second kappa shape index (κ2) is 7.35. The van der Waals surface area contributed by atoms with Gasteiger partial charge in [0.05, 0.1) is 19.3 Å². The molecule has 20 heavy (non-hydrogen) atoms. The van der Waals surface area contributed by atoms with Crippen molar-refractivity contribution in [2.75, 3.05) is 33.4 Å². The molecule has 2 rings (SSSR count). The van der Waals surface area contributed by atoms with Gasteiger partial charge in [-0.25, -0.2) is 9.67 Å². The number of likely N-dealkylation sites (tertiary alicyclic amines) is 1. The smallest absolute Gasteiger partial charge is 0.251 e. The lowest BCUT2D eigenvalue weighted by Crippen LogP contribution is -2.45. The van der Waals surface area contributed by atoms with Gasteiger partial charge in [-0.3, -0.25) is 4.79 Å². The van der Waals surface area contributed by atoms with Crippen LogP contribution in [0.3, 0.4) is 0 Å². The number of hydrogen-bond donors (Lipinski definition) is 0. The maximum Gasteiger partial charge on any atom is 0.251 e. The van der Waals surface area contributed by atoms with Crippen LogP contribution in [0.15, 0.2) is 12.7 Å². The van der Waals surface area contributed by atoms with Gasteiger partial charge in [0.1, 0.15) is 18.8 Å². The molecular weight excluding hydrogens is 260 g/mol. The summed E-state index contributed by atoms with van der Waals surface area (Å²) in [4.78, 5) is 18.1. The molecule has 1 aromatic rings. The van der Waals surface area contributed by atoms with E-state index >= 15 is 0 Å². The van der Waals surface area contributed by atoms with Crippen molar-refractivity contribution in [2.24, 2.45) is 0 Å². The number of ether oxygens (including phenoxy) is 2. The number of hydrogen-bond acceptors (Lipinski definition) is 5. The molecule has 0 unspecified atom stereocenters. The fourth-order valence-corrected chi connectivity index (χ4v) is 2.41. The number of rotatable bonds is 6. The highest BCUT2D eigenvalue weighted by molar-refractivity contribution is 5.80. The topological polar surface area (TPSA) is 69.5 Å². The highest BCUT2D eigenvalue weighted by atomic mass is 16.5. The Balaban J connectivity index is 1.86. The van der Waals surface area contributed by atoms with Crippen molar-refractivity contribution in [1.29, 1.82) is 0 Å². The first kappa shape index (κ1) is 14.9. The Labute approximate surface area is 118 Å². The standard InChI is InChI=1S/C13H22N4O3/c1-11(20-7-6-19-2)13(18)16-5-3-4-12(8-16)17-10-14-9-15-17/h9-12H,3-8H2,1-2H3/t11-,12+/m0/s1. The summed E-state index contributed by atoms with van der Waals surface area (Å²) in [5.41, 5.74) is 0. The second-order valence-corrected chi connectivity index (χ2v) is 4.96. The lowest BCUT2D eigenvalue weighted by Gasteiger charge is -2.34. The number of amides is 1. The molecule has 0 aromatic carbocycles. The molecule has 0 spiro atoms. The van der Waals surface area contributed by atoms with E-state index in [1.165, 1.54) is 6.33 Å². The highest BCUT2D eigenvalue weighted by Gasteiger charge is 2.28. The third-order valence-corrected chi connectivity index (χ3v) is 3.52. The monoisotopic (exact) mass is 282 g/mol. The minimum atomic E-state index is -0.431. The Bertz CT molecular complexity index is 410. The highest BCUT2D eigenvalue weighted by Crippen LogP contribution is 2.21. The molecule has 1 aliphatic heterocycles. The fraction of sp³-hybridized carbons (Fsp3) is 0.769. The van der Waals surface area contributed by atoms with E-state index in [0.717, 1.165) is 19.4 Å². The molecule has 7 heteroatoms. The SMILES string of the molecule is COCCO[C@@H](C)C(=O)N1CCC[C@@H](n2cncn2)C1. The Hall–Kier alpha value is -1.47. The van der Waals surface area contributed by atoms with Crippen molar-refractivity contribution < 1.29 is 14.3 Å². The van der Waals surface area contributed by atoms with Crippen LogP contribution in [0, 0.1) is 0 Å². The van der Waals surface area contributed by atoms with Crippen LogP contribution in [-0.4, -0.2) is 65.1 Å². The molecule has 2 heterocycles. The number of carbonyl (C=O) groups excluding carboxylic acids is 1. The first-order chi connectivity index (χ1) is 9.72. The van der Waals surface area contributed by atoms with E-state index in [4.69, 9.17) is 9.47 Å². The quantitative estimate of drug-likeness (QED) is 0.710. The van der Waals surface area contributed by atoms with Crippen LogP contribution in [-0.2, 0) is 14.3 Å². The summed E-state index contributed by atoms with van der Waals surface area (Å²) in [5.74, 6) is 0.0333. The Morgan fingerprint density at radius 3 is 3.05 bits per heavy atom. The molecule has 0 saturated carbocycles. The first-order valence-electron chi connectivity index (χ1n) is 6.96. The van der Waals surface area contributed by atoms with Gasteiger partial charge < -0.3 is 14.4 Å². The zero-order valence-corrected chi connectivity index (χ0v) is 12.1. The van der Waals surface area contributed by atoms with E-state index in [2.05, 4.69) is 10.1 Å². The van der Waals surface area contributed by atoms with Crippen molar-refractivity contribution in [3.05, 3.63) is 12.7 Å². The van der Waals surface area contributed by atoms with Gasteiger partial charge in [0, 0.05) is 20.2 Å². The maximum atomic E-state index is 12.3. The van der Waals surface area contributed by atoms with E-state index in [1.807, 2.05) is 9.58 Å². The van der Waals surface area contributed by atoms with Crippen molar-refractivity contribution in [1.82, 2.24) is 19.7 Å². The fourth-order valence-electron chi connectivity index (χ4n) is 2.41. The zero-order valence-electron chi connectivity index (χ0n) is 12.1. The normalized spacial score (nSPS) is 20.9. The van der Waals surface area contributed by atoms with Gasteiger partial charge in [-0.05, 0) is 19.8 Å². The number of aromatic nitrogens is 3. The van der Waals surface area contributed by atoms with Gasteiger partial charge in [0.15, 0.2) is 0 Å². The molecule has 1 aliphatic rings. The van der Waals surface area contributed by atoms with Crippen LogP contribution in [0.4, 0.5) is 0 Å². The molecule has 2 atom stereocenters. The summed E-state index contributed by atoms with van der Waals surface area (Å²) >= 11 is 0. The number of methoxy groups -OCH3 is 1. The molecular formula is C13H22N4O3. The average molecular weight is 282 g/mol. The summed E-state index contributed by atoms with van der Waals surface area (Å²) in [6.07, 6.45) is 4.79. The van der Waals surface area contributed by atoms with Crippen LogP contribution < -0.4 is 0 Å². The average Bonchev–Trinajstić information content (AvgIpc) is 3.01. The Morgan fingerprint density at radius 2 is 2.35 bits per heavy atom. The summed E-state index contributed by atoms with van der Waals surface area (Å²) in [7, 11) is 1.61. The molecule has 112 valence electrons. The summed E-state index contributed by atoms with van der Waals surface area (Å²) in [5, 5.41) is 4.16. The molecule has 1 fully saturated rings. The molecule has 0 bridgehead atoms. The minimum absolute atomic E-state index is 0.0333. The maximum absolute atomic E-state index is 12.3. The van der Waals surface area contributed by atoms with Gasteiger partial charge in [-0.2, -0.15) is 5.10 Å². The van der Waals surface area contributed by atoms with Crippen LogP contribution >= 0.6 is 0 Å².